The van der Waals surface area contributed by atoms with Crippen LogP contribution in [0.25, 0.3) is 0 Å². The quantitative estimate of drug-likeness (QED) is 0.813. The molecule has 0 N–H and O–H groups in total. The van der Waals surface area contributed by atoms with Crippen molar-refractivity contribution in [3.05, 3.63) is 52.4 Å². The van der Waals surface area contributed by atoms with Crippen LogP contribution in [0.5, 0.6) is 0 Å². The number of halogens is 1. The second-order valence-corrected chi connectivity index (χ2v) is 6.50. The Morgan fingerprint density at radius 1 is 1.38 bits per heavy atom. The first-order valence-electron chi connectivity index (χ1n) is 7.58. The average Bonchev–Trinajstić information content (AvgIpc) is 3.06. The molecule has 1 fully saturated rings. The van der Waals surface area contributed by atoms with Gasteiger partial charge < -0.3 is 4.52 Å². The van der Waals surface area contributed by atoms with Crippen LogP contribution < -0.4 is 0 Å². The Balaban J connectivity index is 1.75. The van der Waals surface area contributed by atoms with E-state index in [0.29, 0.717) is 12.0 Å². The van der Waals surface area contributed by atoms with Gasteiger partial charge in [0.05, 0.1) is 6.04 Å². The van der Waals surface area contributed by atoms with Crippen LogP contribution in [-0.2, 0) is 6.54 Å². The number of aromatic nitrogens is 1. The fourth-order valence-electron chi connectivity index (χ4n) is 2.95. The minimum Gasteiger partial charge on any atom is -0.361 e. The molecule has 2 aromatic rings. The van der Waals surface area contributed by atoms with Crippen LogP contribution in [0.2, 0.25) is 5.02 Å². The van der Waals surface area contributed by atoms with Crippen LogP contribution in [0, 0.1) is 0 Å². The van der Waals surface area contributed by atoms with Gasteiger partial charge in [0, 0.05) is 23.6 Å². The number of hydrogen-bond donors (Lipinski definition) is 0. The summed E-state index contributed by atoms with van der Waals surface area (Å²) in [6, 6.07) is 10.6. The zero-order valence-electron chi connectivity index (χ0n) is 12.6. The Labute approximate surface area is 130 Å². The number of benzene rings is 1. The smallest absolute Gasteiger partial charge is 0.139 e. The molecule has 2 heterocycles. The van der Waals surface area contributed by atoms with Gasteiger partial charge in [-0.05, 0) is 37.1 Å². The molecule has 1 aromatic heterocycles. The first-order valence-corrected chi connectivity index (χ1v) is 7.96. The van der Waals surface area contributed by atoms with Gasteiger partial charge in [-0.25, -0.2) is 0 Å². The number of hydrogen-bond acceptors (Lipinski definition) is 3. The predicted octanol–water partition coefficient (Wildman–Crippen LogP) is 4.79. The summed E-state index contributed by atoms with van der Waals surface area (Å²) in [5.74, 6) is 1.36. The van der Waals surface area contributed by atoms with E-state index in [-0.39, 0.29) is 0 Å². The molecular weight excluding hydrogens is 284 g/mol. The van der Waals surface area contributed by atoms with Crippen LogP contribution in [0.3, 0.4) is 0 Å². The molecule has 1 atom stereocenters. The van der Waals surface area contributed by atoms with Crippen molar-refractivity contribution in [2.45, 2.75) is 45.2 Å². The molecule has 0 saturated carbocycles. The van der Waals surface area contributed by atoms with E-state index in [1.54, 1.807) is 0 Å². The summed E-state index contributed by atoms with van der Waals surface area (Å²) in [7, 11) is 0. The van der Waals surface area contributed by atoms with Crippen molar-refractivity contribution >= 4 is 11.6 Å². The third kappa shape index (κ3) is 3.30. The number of likely N-dealkylation sites (tertiary alicyclic amines) is 1. The lowest BCUT2D eigenvalue weighted by Crippen LogP contribution is -2.22. The fraction of sp³-hybridized carbons (Fsp3) is 0.471. The molecule has 21 heavy (non-hydrogen) atoms. The van der Waals surface area contributed by atoms with Gasteiger partial charge in [0.2, 0.25) is 0 Å². The largest absolute Gasteiger partial charge is 0.361 e. The summed E-state index contributed by atoms with van der Waals surface area (Å²) < 4.78 is 5.46. The van der Waals surface area contributed by atoms with Gasteiger partial charge in [-0.2, -0.15) is 0 Å². The second kappa shape index (κ2) is 6.20. The van der Waals surface area contributed by atoms with E-state index in [1.807, 2.05) is 18.2 Å². The van der Waals surface area contributed by atoms with Gasteiger partial charge in [0.1, 0.15) is 11.5 Å². The molecule has 1 aliphatic heterocycles. The molecule has 4 heteroatoms. The van der Waals surface area contributed by atoms with Gasteiger partial charge in [-0.3, -0.25) is 4.90 Å². The van der Waals surface area contributed by atoms with Crippen LogP contribution in [0.4, 0.5) is 0 Å². The minimum atomic E-state index is 0.361. The molecule has 0 spiro atoms. The highest BCUT2D eigenvalue weighted by atomic mass is 35.5. The van der Waals surface area contributed by atoms with E-state index in [2.05, 4.69) is 36.0 Å². The van der Waals surface area contributed by atoms with Gasteiger partial charge >= 0.3 is 0 Å². The average molecular weight is 305 g/mol. The van der Waals surface area contributed by atoms with Gasteiger partial charge in [-0.1, -0.05) is 42.7 Å². The van der Waals surface area contributed by atoms with Crippen molar-refractivity contribution in [3.63, 3.8) is 0 Å². The summed E-state index contributed by atoms with van der Waals surface area (Å²) in [5.41, 5.74) is 2.32. The maximum absolute atomic E-state index is 6.08. The normalized spacial score (nSPS) is 19.5. The van der Waals surface area contributed by atoms with Crippen molar-refractivity contribution in [1.29, 1.82) is 0 Å². The van der Waals surface area contributed by atoms with Crippen LogP contribution >= 0.6 is 11.6 Å². The standard InChI is InChI=1S/C17H21ClN2O/c1-12(2)17-10-15(19-21-17)16-7-4-8-20(16)11-13-5-3-6-14(18)9-13/h3,5-6,9-10,12,16H,4,7-8,11H2,1-2H3/t16-/m0/s1. The molecule has 3 rings (SSSR count). The van der Waals surface area contributed by atoms with Crippen LogP contribution in [0.15, 0.2) is 34.9 Å². The van der Waals surface area contributed by atoms with Crippen molar-refractivity contribution in [2.75, 3.05) is 6.54 Å². The van der Waals surface area contributed by atoms with Crippen molar-refractivity contribution in [3.8, 4) is 0 Å². The van der Waals surface area contributed by atoms with E-state index in [9.17, 15) is 0 Å². The topological polar surface area (TPSA) is 29.3 Å². The third-order valence-electron chi connectivity index (χ3n) is 4.10. The summed E-state index contributed by atoms with van der Waals surface area (Å²) >= 11 is 6.08. The second-order valence-electron chi connectivity index (χ2n) is 6.07. The molecule has 0 radical (unpaired) electrons. The summed E-state index contributed by atoms with van der Waals surface area (Å²) in [6.45, 7) is 6.27. The zero-order valence-corrected chi connectivity index (χ0v) is 13.3. The molecule has 0 unspecified atom stereocenters. The minimum absolute atomic E-state index is 0.361. The summed E-state index contributed by atoms with van der Waals surface area (Å²) in [4.78, 5) is 2.47. The Morgan fingerprint density at radius 2 is 2.24 bits per heavy atom. The van der Waals surface area contributed by atoms with Crippen molar-refractivity contribution < 1.29 is 4.52 Å². The maximum atomic E-state index is 6.08. The Kier molecular flexibility index (Phi) is 4.32. The fourth-order valence-corrected chi connectivity index (χ4v) is 3.17. The Hall–Kier alpha value is -1.32. The van der Waals surface area contributed by atoms with E-state index in [4.69, 9.17) is 16.1 Å². The molecule has 3 nitrogen and oxygen atoms in total. The van der Waals surface area contributed by atoms with Gasteiger partial charge in [0.25, 0.3) is 0 Å². The van der Waals surface area contributed by atoms with E-state index >= 15 is 0 Å². The van der Waals surface area contributed by atoms with E-state index in [0.717, 1.165) is 36.0 Å². The monoisotopic (exact) mass is 304 g/mol. The number of rotatable bonds is 4. The lowest BCUT2D eigenvalue weighted by Gasteiger charge is -2.22. The lowest BCUT2D eigenvalue weighted by molar-refractivity contribution is 0.236. The van der Waals surface area contributed by atoms with Crippen LogP contribution in [0.1, 0.15) is 55.7 Å². The summed E-state index contributed by atoms with van der Waals surface area (Å²) in [5, 5.41) is 5.08. The predicted molar refractivity (Wildman–Crippen MR) is 84.4 cm³/mol. The van der Waals surface area contributed by atoms with Gasteiger partial charge in [-0.15, -0.1) is 0 Å². The lowest BCUT2D eigenvalue weighted by atomic mass is 10.1. The molecule has 1 aliphatic rings. The highest BCUT2D eigenvalue weighted by Crippen LogP contribution is 2.33. The molecule has 1 saturated heterocycles. The molecule has 0 bridgehead atoms. The molecule has 112 valence electrons. The highest BCUT2D eigenvalue weighted by molar-refractivity contribution is 6.30. The third-order valence-corrected chi connectivity index (χ3v) is 4.33. The van der Waals surface area contributed by atoms with E-state index in [1.165, 1.54) is 12.0 Å². The summed E-state index contributed by atoms with van der Waals surface area (Å²) in [6.07, 6.45) is 2.35. The molecule has 1 aromatic carbocycles. The SMILES string of the molecule is CC(C)c1cc([C@@H]2CCCN2Cc2cccc(Cl)c2)no1. The highest BCUT2D eigenvalue weighted by Gasteiger charge is 2.29. The Morgan fingerprint density at radius 3 is 2.95 bits per heavy atom. The van der Waals surface area contributed by atoms with Crippen molar-refractivity contribution in [1.82, 2.24) is 10.1 Å². The molecule has 0 aliphatic carbocycles. The molecular formula is C17H21ClN2O. The first-order chi connectivity index (χ1) is 10.1. The zero-order chi connectivity index (χ0) is 14.8. The van der Waals surface area contributed by atoms with E-state index < -0.39 is 0 Å². The van der Waals surface area contributed by atoms with Crippen molar-refractivity contribution in [2.24, 2.45) is 0 Å². The molecule has 0 amide bonds. The van der Waals surface area contributed by atoms with Crippen LogP contribution in [-0.4, -0.2) is 16.6 Å². The first kappa shape index (κ1) is 14.6. The number of nitrogens with zero attached hydrogens (tertiary/aromatic N) is 2. The maximum Gasteiger partial charge on any atom is 0.139 e. The van der Waals surface area contributed by atoms with Gasteiger partial charge in [0.15, 0.2) is 0 Å². The Bertz CT molecular complexity index is 608.